The summed E-state index contributed by atoms with van der Waals surface area (Å²) in [6, 6.07) is 45.2. The van der Waals surface area contributed by atoms with Gasteiger partial charge in [0.2, 0.25) is 5.82 Å². The van der Waals surface area contributed by atoms with Crippen molar-refractivity contribution < 1.29 is 9.90 Å². The number of hydrogen-bond acceptors (Lipinski definition) is 4. The molecule has 0 radical (unpaired) electrons. The van der Waals surface area contributed by atoms with Gasteiger partial charge in [-0.2, -0.15) is 0 Å². The van der Waals surface area contributed by atoms with Crippen molar-refractivity contribution in [1.29, 1.82) is 0 Å². The van der Waals surface area contributed by atoms with Gasteiger partial charge in [-0.25, -0.2) is 4.79 Å². The van der Waals surface area contributed by atoms with Crippen molar-refractivity contribution >= 4 is 5.97 Å². The Labute approximate surface area is 225 Å². The molecule has 0 saturated carbocycles. The third-order valence-corrected chi connectivity index (χ3v) is 6.90. The molecule has 0 unspecified atom stereocenters. The van der Waals surface area contributed by atoms with Crippen LogP contribution in [-0.2, 0) is 5.54 Å². The van der Waals surface area contributed by atoms with Crippen LogP contribution in [0.1, 0.15) is 27.0 Å². The van der Waals surface area contributed by atoms with E-state index in [1.807, 2.05) is 78.9 Å². The number of carboxylic acid groups (broad SMARTS) is 1. The van der Waals surface area contributed by atoms with Crippen molar-refractivity contribution in [2.24, 2.45) is 0 Å². The van der Waals surface area contributed by atoms with Crippen molar-refractivity contribution in [1.82, 2.24) is 20.2 Å². The maximum atomic E-state index is 11.4. The van der Waals surface area contributed by atoms with Crippen molar-refractivity contribution in [2.45, 2.75) is 5.54 Å². The molecule has 0 atom stereocenters. The van der Waals surface area contributed by atoms with Crippen LogP contribution in [0.5, 0.6) is 0 Å². The van der Waals surface area contributed by atoms with Crippen molar-refractivity contribution in [3.8, 4) is 22.5 Å². The van der Waals surface area contributed by atoms with Crippen molar-refractivity contribution in [3.63, 3.8) is 0 Å². The van der Waals surface area contributed by atoms with Crippen LogP contribution in [0.4, 0.5) is 0 Å². The number of aromatic nitrogens is 4. The molecule has 39 heavy (non-hydrogen) atoms. The Morgan fingerprint density at radius 2 is 1.05 bits per heavy atom. The average molecular weight is 509 g/mol. The maximum absolute atomic E-state index is 11.4. The van der Waals surface area contributed by atoms with Gasteiger partial charge >= 0.3 is 5.97 Å². The summed E-state index contributed by atoms with van der Waals surface area (Å²) in [5.74, 6) is -0.487. The van der Waals surface area contributed by atoms with Crippen molar-refractivity contribution in [3.05, 3.63) is 162 Å². The summed E-state index contributed by atoms with van der Waals surface area (Å²) in [4.78, 5) is 13.1. The second-order valence-electron chi connectivity index (χ2n) is 9.14. The van der Waals surface area contributed by atoms with E-state index in [9.17, 15) is 9.90 Å². The predicted octanol–water partition coefficient (Wildman–Crippen LogP) is 6.55. The van der Waals surface area contributed by atoms with Crippen LogP contribution in [0, 0.1) is 0 Å². The third kappa shape index (κ3) is 4.28. The highest BCUT2D eigenvalue weighted by atomic mass is 16.4. The van der Waals surface area contributed by atoms with E-state index in [0.717, 1.165) is 33.4 Å². The zero-order valence-corrected chi connectivity index (χ0v) is 20.9. The Balaban J connectivity index is 1.56. The molecule has 6 aromatic rings. The van der Waals surface area contributed by atoms with Gasteiger partial charge in [0.15, 0.2) is 5.54 Å². The highest BCUT2D eigenvalue weighted by molar-refractivity contribution is 5.89. The fourth-order valence-electron chi connectivity index (χ4n) is 5.07. The second-order valence-corrected chi connectivity index (χ2v) is 9.14. The normalized spacial score (nSPS) is 11.3. The number of rotatable bonds is 7. The van der Waals surface area contributed by atoms with Gasteiger partial charge in [-0.05, 0) is 45.2 Å². The number of hydrogen-bond donors (Lipinski definition) is 1. The van der Waals surface area contributed by atoms with Crippen LogP contribution >= 0.6 is 0 Å². The number of carboxylic acids is 1. The van der Waals surface area contributed by atoms with Gasteiger partial charge in [0.25, 0.3) is 0 Å². The Hall–Kier alpha value is -5.36. The lowest BCUT2D eigenvalue weighted by Crippen LogP contribution is -2.39. The van der Waals surface area contributed by atoms with Crippen LogP contribution in [0.3, 0.4) is 0 Å². The highest BCUT2D eigenvalue weighted by Gasteiger charge is 2.41. The molecule has 5 aromatic carbocycles. The minimum absolute atomic E-state index is 0.235. The summed E-state index contributed by atoms with van der Waals surface area (Å²) >= 11 is 0. The molecule has 0 aliphatic heterocycles. The quantitative estimate of drug-likeness (QED) is 0.248. The van der Waals surface area contributed by atoms with Crippen LogP contribution < -0.4 is 0 Å². The Morgan fingerprint density at radius 1 is 0.590 bits per heavy atom. The van der Waals surface area contributed by atoms with Gasteiger partial charge in [0.1, 0.15) is 0 Å². The third-order valence-electron chi connectivity index (χ3n) is 6.90. The van der Waals surface area contributed by atoms with Gasteiger partial charge in [-0.15, -0.1) is 15.0 Å². The number of benzene rings is 5. The molecule has 1 heterocycles. The van der Waals surface area contributed by atoms with Crippen LogP contribution in [0.2, 0.25) is 0 Å². The monoisotopic (exact) mass is 508 g/mol. The Morgan fingerprint density at radius 3 is 1.54 bits per heavy atom. The van der Waals surface area contributed by atoms with E-state index < -0.39 is 11.5 Å². The van der Waals surface area contributed by atoms with E-state index in [2.05, 4.69) is 46.7 Å². The fraction of sp³-hybridized carbons (Fsp3) is 0.0303. The molecule has 0 bridgehead atoms. The largest absolute Gasteiger partial charge is 0.478 e. The summed E-state index contributed by atoms with van der Waals surface area (Å²) < 4.78 is 0. The summed E-state index contributed by atoms with van der Waals surface area (Å²) in [5.41, 5.74) is 4.93. The molecule has 6 rings (SSSR count). The number of nitrogens with zero attached hydrogens (tertiary/aromatic N) is 4. The molecule has 6 heteroatoms. The molecule has 6 nitrogen and oxygen atoms in total. The molecule has 1 aromatic heterocycles. The van der Waals surface area contributed by atoms with E-state index in [-0.39, 0.29) is 5.56 Å². The first-order valence-electron chi connectivity index (χ1n) is 12.6. The zero-order chi connectivity index (χ0) is 26.7. The van der Waals surface area contributed by atoms with Crippen LogP contribution in [-0.4, -0.2) is 31.3 Å². The summed E-state index contributed by atoms with van der Waals surface area (Å²) in [7, 11) is 0. The molecule has 0 aliphatic rings. The van der Waals surface area contributed by atoms with Gasteiger partial charge in [-0.1, -0.05) is 127 Å². The summed E-state index contributed by atoms with van der Waals surface area (Å²) in [5, 5.41) is 23.5. The number of carbonyl (C=O) groups is 1. The van der Waals surface area contributed by atoms with Gasteiger partial charge in [0, 0.05) is 5.56 Å². The first-order valence-corrected chi connectivity index (χ1v) is 12.6. The van der Waals surface area contributed by atoms with Crippen LogP contribution in [0.15, 0.2) is 140 Å². The SMILES string of the molecule is O=C(O)c1ccc(-c2ccccc2-c2nnn(C(c3ccccc3)(c3ccccc3)c3ccccc3)n2)cc1. The minimum Gasteiger partial charge on any atom is -0.478 e. The van der Waals surface area contributed by atoms with Crippen LogP contribution in [0.25, 0.3) is 22.5 Å². The smallest absolute Gasteiger partial charge is 0.335 e. The van der Waals surface area contributed by atoms with E-state index >= 15 is 0 Å². The first kappa shape index (κ1) is 24.0. The molecule has 0 saturated heterocycles. The van der Waals surface area contributed by atoms with E-state index in [1.54, 1.807) is 29.1 Å². The van der Waals surface area contributed by atoms with Gasteiger partial charge in [-0.3, -0.25) is 0 Å². The molecule has 0 amide bonds. The standard InChI is InChI=1S/C33H24N4O2/c38-32(39)25-22-20-24(21-23-25)29-18-10-11-19-30(29)31-34-36-37(35-31)33(26-12-4-1-5-13-26,27-14-6-2-7-15-27)28-16-8-3-9-17-28/h1-23H,(H,38,39). The minimum atomic E-state index is -0.960. The van der Waals surface area contributed by atoms with E-state index in [4.69, 9.17) is 5.10 Å². The summed E-state index contributed by atoms with van der Waals surface area (Å²) in [6.45, 7) is 0. The zero-order valence-electron chi connectivity index (χ0n) is 20.9. The first-order chi connectivity index (χ1) is 19.2. The van der Waals surface area contributed by atoms with Gasteiger partial charge < -0.3 is 5.11 Å². The lowest BCUT2D eigenvalue weighted by molar-refractivity contribution is 0.0697. The van der Waals surface area contributed by atoms with Gasteiger partial charge in [0.05, 0.1) is 5.56 Å². The molecule has 0 spiro atoms. The molecule has 188 valence electrons. The molecule has 0 fully saturated rings. The Kier molecular flexibility index (Phi) is 6.27. The second kappa shape index (κ2) is 10.2. The predicted molar refractivity (Wildman–Crippen MR) is 150 cm³/mol. The van der Waals surface area contributed by atoms with E-state index in [0.29, 0.717) is 5.82 Å². The fourth-order valence-corrected chi connectivity index (χ4v) is 5.07. The van der Waals surface area contributed by atoms with E-state index in [1.165, 1.54) is 0 Å². The number of aromatic carboxylic acids is 1. The topological polar surface area (TPSA) is 80.9 Å². The Bertz CT molecular complexity index is 1620. The molecule has 0 aliphatic carbocycles. The average Bonchev–Trinajstić information content (AvgIpc) is 3.50. The summed E-state index contributed by atoms with van der Waals surface area (Å²) in [6.07, 6.45) is 0. The lowest BCUT2D eigenvalue weighted by atomic mass is 9.77. The van der Waals surface area contributed by atoms with Crippen molar-refractivity contribution in [2.75, 3.05) is 0 Å². The maximum Gasteiger partial charge on any atom is 0.335 e. The molecular weight excluding hydrogens is 484 g/mol. The molecular formula is C33H24N4O2. The molecule has 1 N–H and O–H groups in total. The highest BCUT2D eigenvalue weighted by Crippen LogP contribution is 2.40. The lowest BCUT2D eigenvalue weighted by Gasteiger charge is -2.34. The number of tetrazole rings is 1.